The summed E-state index contributed by atoms with van der Waals surface area (Å²) in [5.74, 6) is -0.510. The number of hydrogen-bond donors (Lipinski definition) is 1. The zero-order valence-corrected chi connectivity index (χ0v) is 9.05. The van der Waals surface area contributed by atoms with Crippen molar-refractivity contribution in [2.24, 2.45) is 5.92 Å². The van der Waals surface area contributed by atoms with Crippen LogP contribution in [0.25, 0.3) is 0 Å². The van der Waals surface area contributed by atoms with Crippen LogP contribution >= 0.6 is 0 Å². The summed E-state index contributed by atoms with van der Waals surface area (Å²) < 4.78 is 26.0. The Kier molecular flexibility index (Phi) is 3.54. The van der Waals surface area contributed by atoms with Gasteiger partial charge < -0.3 is 5.32 Å². The smallest absolute Gasteiger partial charge is 0.149 e. The van der Waals surface area contributed by atoms with Crippen molar-refractivity contribution in [3.8, 4) is 0 Å². The Morgan fingerprint density at radius 1 is 1.25 bits per heavy atom. The normalized spacial score (nSPS) is 19.8. The second kappa shape index (κ2) is 5.10. The van der Waals surface area contributed by atoms with Crippen LogP contribution in [0.5, 0.6) is 0 Å². The molecule has 0 amide bonds. The minimum absolute atomic E-state index is 0.385. The molecule has 1 unspecified atom stereocenters. The lowest BCUT2D eigenvalue weighted by atomic mass is 9.94. The predicted octanol–water partition coefficient (Wildman–Crippen LogP) is 3.73. The van der Waals surface area contributed by atoms with E-state index >= 15 is 0 Å². The Hall–Kier alpha value is -1.38. The van der Waals surface area contributed by atoms with Gasteiger partial charge in [0.05, 0.1) is 5.69 Å². The first-order valence-electron chi connectivity index (χ1n) is 5.59. The molecule has 2 rings (SSSR count). The molecule has 0 saturated heterocycles. The van der Waals surface area contributed by atoms with Gasteiger partial charge in [-0.05, 0) is 37.3 Å². The van der Waals surface area contributed by atoms with Crippen LogP contribution in [0.2, 0.25) is 0 Å². The van der Waals surface area contributed by atoms with Gasteiger partial charge in [-0.15, -0.1) is 0 Å². The van der Waals surface area contributed by atoms with Crippen molar-refractivity contribution < 1.29 is 8.78 Å². The first-order chi connectivity index (χ1) is 7.75. The van der Waals surface area contributed by atoms with E-state index < -0.39 is 11.6 Å². The first kappa shape index (κ1) is 11.1. The fourth-order valence-electron chi connectivity index (χ4n) is 1.93. The van der Waals surface area contributed by atoms with Crippen LogP contribution in [0.1, 0.15) is 19.3 Å². The van der Waals surface area contributed by atoms with E-state index in [1.165, 1.54) is 12.1 Å². The third-order valence-corrected chi connectivity index (χ3v) is 2.89. The highest BCUT2D eigenvalue weighted by atomic mass is 19.1. The molecule has 0 saturated carbocycles. The van der Waals surface area contributed by atoms with E-state index in [-0.39, 0.29) is 0 Å². The van der Waals surface area contributed by atoms with Crippen molar-refractivity contribution in [2.75, 3.05) is 11.9 Å². The second-order valence-corrected chi connectivity index (χ2v) is 4.16. The van der Waals surface area contributed by atoms with Crippen molar-refractivity contribution >= 4 is 5.69 Å². The largest absolute Gasteiger partial charge is 0.382 e. The number of benzene rings is 1. The Morgan fingerprint density at radius 3 is 2.81 bits per heavy atom. The molecule has 0 spiro atoms. The van der Waals surface area contributed by atoms with Gasteiger partial charge in [-0.1, -0.05) is 12.2 Å². The van der Waals surface area contributed by atoms with Gasteiger partial charge in [0.1, 0.15) is 11.6 Å². The Morgan fingerprint density at radius 2 is 2.12 bits per heavy atom. The number of hydrogen-bond acceptors (Lipinski definition) is 1. The summed E-state index contributed by atoms with van der Waals surface area (Å²) in [5.41, 5.74) is 0.385. The molecule has 0 bridgehead atoms. The molecular formula is C13H15F2N. The Balaban J connectivity index is 1.91. The standard InChI is InChI=1S/C13H15F2N/c14-11-6-7-13(12(15)8-11)16-9-10-4-2-1-3-5-10/h1-2,6-8,10,16H,3-5,9H2. The summed E-state index contributed by atoms with van der Waals surface area (Å²) in [5, 5.41) is 3.03. The van der Waals surface area contributed by atoms with Gasteiger partial charge in [0, 0.05) is 12.6 Å². The Bertz CT molecular complexity index is 388. The lowest BCUT2D eigenvalue weighted by molar-refractivity contribution is 0.502. The molecule has 1 aliphatic carbocycles. The average Bonchev–Trinajstić information content (AvgIpc) is 2.29. The topological polar surface area (TPSA) is 12.0 Å². The third kappa shape index (κ3) is 2.81. The van der Waals surface area contributed by atoms with E-state index in [0.29, 0.717) is 11.6 Å². The third-order valence-electron chi connectivity index (χ3n) is 2.89. The van der Waals surface area contributed by atoms with Gasteiger partial charge >= 0.3 is 0 Å². The summed E-state index contributed by atoms with van der Waals surface area (Å²) >= 11 is 0. The van der Waals surface area contributed by atoms with Gasteiger partial charge in [0.25, 0.3) is 0 Å². The summed E-state index contributed by atoms with van der Waals surface area (Å²) in [6.45, 7) is 0.743. The maximum absolute atomic E-state index is 13.3. The molecule has 1 aliphatic rings. The molecule has 3 heteroatoms. The predicted molar refractivity (Wildman–Crippen MR) is 61.3 cm³/mol. The van der Waals surface area contributed by atoms with Crippen LogP contribution in [-0.2, 0) is 0 Å². The van der Waals surface area contributed by atoms with E-state index in [0.717, 1.165) is 31.9 Å². The van der Waals surface area contributed by atoms with Gasteiger partial charge in [-0.25, -0.2) is 8.78 Å². The number of nitrogens with one attached hydrogen (secondary N) is 1. The maximum Gasteiger partial charge on any atom is 0.149 e. The van der Waals surface area contributed by atoms with Gasteiger partial charge in [-0.3, -0.25) is 0 Å². The summed E-state index contributed by atoms with van der Waals surface area (Å²) in [7, 11) is 0. The Labute approximate surface area is 94.2 Å². The molecule has 1 atom stereocenters. The van der Waals surface area contributed by atoms with Gasteiger partial charge in [-0.2, -0.15) is 0 Å². The number of rotatable bonds is 3. The number of allylic oxidation sites excluding steroid dienone is 2. The molecule has 16 heavy (non-hydrogen) atoms. The quantitative estimate of drug-likeness (QED) is 0.770. The molecule has 1 aromatic carbocycles. The number of halogens is 2. The molecule has 1 N–H and O–H groups in total. The van der Waals surface area contributed by atoms with Crippen LogP contribution in [0, 0.1) is 17.6 Å². The number of anilines is 1. The fourth-order valence-corrected chi connectivity index (χ4v) is 1.93. The van der Waals surface area contributed by atoms with Crippen LogP contribution in [-0.4, -0.2) is 6.54 Å². The lowest BCUT2D eigenvalue weighted by Crippen LogP contribution is -2.16. The van der Waals surface area contributed by atoms with Crippen molar-refractivity contribution in [1.82, 2.24) is 0 Å². The zero-order chi connectivity index (χ0) is 11.4. The SMILES string of the molecule is Fc1ccc(NCC2CC=CCC2)c(F)c1. The highest BCUT2D eigenvalue weighted by Gasteiger charge is 2.10. The minimum Gasteiger partial charge on any atom is -0.382 e. The summed E-state index contributed by atoms with van der Waals surface area (Å²) in [6.07, 6.45) is 7.60. The molecule has 86 valence electrons. The van der Waals surface area contributed by atoms with E-state index in [4.69, 9.17) is 0 Å². The van der Waals surface area contributed by atoms with Crippen LogP contribution < -0.4 is 5.32 Å². The molecule has 1 aromatic rings. The second-order valence-electron chi connectivity index (χ2n) is 4.16. The molecule has 0 heterocycles. The highest BCUT2D eigenvalue weighted by molar-refractivity contribution is 5.44. The van der Waals surface area contributed by atoms with Crippen molar-refractivity contribution in [2.45, 2.75) is 19.3 Å². The zero-order valence-electron chi connectivity index (χ0n) is 9.05. The fraction of sp³-hybridized carbons (Fsp3) is 0.385. The van der Waals surface area contributed by atoms with Crippen LogP contribution in [0.3, 0.4) is 0 Å². The molecular weight excluding hydrogens is 208 g/mol. The monoisotopic (exact) mass is 223 g/mol. The molecule has 0 aliphatic heterocycles. The minimum atomic E-state index is -0.538. The highest BCUT2D eigenvalue weighted by Crippen LogP contribution is 2.20. The summed E-state index contributed by atoms with van der Waals surface area (Å²) in [4.78, 5) is 0. The van der Waals surface area contributed by atoms with Gasteiger partial charge in [0.15, 0.2) is 0 Å². The molecule has 0 aromatic heterocycles. The first-order valence-corrected chi connectivity index (χ1v) is 5.59. The molecule has 1 nitrogen and oxygen atoms in total. The van der Waals surface area contributed by atoms with Crippen LogP contribution in [0.4, 0.5) is 14.5 Å². The van der Waals surface area contributed by atoms with E-state index in [9.17, 15) is 8.78 Å². The van der Waals surface area contributed by atoms with Crippen LogP contribution in [0.15, 0.2) is 30.4 Å². The van der Waals surface area contributed by atoms with Crippen molar-refractivity contribution in [3.05, 3.63) is 42.0 Å². The van der Waals surface area contributed by atoms with E-state index in [2.05, 4.69) is 17.5 Å². The maximum atomic E-state index is 13.3. The average molecular weight is 223 g/mol. The molecule has 0 fully saturated rings. The summed E-state index contributed by atoms with van der Waals surface area (Å²) in [6, 6.07) is 3.62. The van der Waals surface area contributed by atoms with Gasteiger partial charge in [0.2, 0.25) is 0 Å². The van der Waals surface area contributed by atoms with E-state index in [1.54, 1.807) is 0 Å². The van der Waals surface area contributed by atoms with Crippen molar-refractivity contribution in [1.29, 1.82) is 0 Å². The lowest BCUT2D eigenvalue weighted by Gasteiger charge is -2.19. The van der Waals surface area contributed by atoms with E-state index in [1.807, 2.05) is 0 Å². The molecule has 0 radical (unpaired) electrons. The van der Waals surface area contributed by atoms with Crippen molar-refractivity contribution in [3.63, 3.8) is 0 Å².